The van der Waals surface area contributed by atoms with E-state index in [9.17, 15) is 4.79 Å². The topological polar surface area (TPSA) is 85.4 Å². The number of amides is 1. The number of nitrogens with zero attached hydrogens (tertiary/aromatic N) is 2. The Labute approximate surface area is 184 Å². The van der Waals surface area contributed by atoms with Gasteiger partial charge in [-0.3, -0.25) is 9.78 Å². The molecule has 0 saturated carbocycles. The molecule has 1 unspecified atom stereocenters. The quantitative estimate of drug-likeness (QED) is 0.398. The summed E-state index contributed by atoms with van der Waals surface area (Å²) >= 11 is 1.53. The van der Waals surface area contributed by atoms with Gasteiger partial charge in [0, 0.05) is 38.9 Å². The first-order chi connectivity index (χ1) is 15.1. The van der Waals surface area contributed by atoms with Gasteiger partial charge in [0.2, 0.25) is 0 Å². The van der Waals surface area contributed by atoms with E-state index < -0.39 is 0 Å². The molecule has 2 N–H and O–H groups in total. The molecule has 1 amide bonds. The van der Waals surface area contributed by atoms with Crippen LogP contribution < -0.4 is 15.4 Å². The molecule has 0 aliphatic rings. The highest BCUT2D eigenvalue weighted by Crippen LogP contribution is 2.31. The molecule has 4 rings (SSSR count). The number of methoxy groups -OCH3 is 1. The minimum atomic E-state index is -0.262. The lowest BCUT2D eigenvalue weighted by molar-refractivity contribution is 0.0958. The highest BCUT2D eigenvalue weighted by atomic mass is 32.1. The van der Waals surface area contributed by atoms with Crippen LogP contribution in [-0.2, 0) is 11.2 Å². The number of rotatable bonds is 8. The summed E-state index contributed by atoms with van der Waals surface area (Å²) in [6.07, 6.45) is 2.10. The van der Waals surface area contributed by atoms with Gasteiger partial charge in [0.1, 0.15) is 23.4 Å². The van der Waals surface area contributed by atoms with E-state index in [4.69, 9.17) is 9.47 Å². The number of nitrogens with one attached hydrogen (secondary N) is 2. The average molecular weight is 435 g/mol. The maximum atomic E-state index is 11.8. The van der Waals surface area contributed by atoms with Crippen molar-refractivity contribution >= 4 is 32.6 Å². The van der Waals surface area contributed by atoms with Crippen molar-refractivity contribution in [1.29, 1.82) is 0 Å². The molecule has 2 aromatic heterocycles. The number of carbonyl (C=O) groups is 1. The molecule has 2 aromatic carbocycles. The van der Waals surface area contributed by atoms with E-state index in [0.29, 0.717) is 17.2 Å². The maximum Gasteiger partial charge on any atom is 0.269 e. The van der Waals surface area contributed by atoms with Crippen LogP contribution in [0.25, 0.3) is 10.2 Å². The number of ether oxygens (including phenoxy) is 2. The highest BCUT2D eigenvalue weighted by Gasteiger charge is 2.13. The summed E-state index contributed by atoms with van der Waals surface area (Å²) in [5.41, 5.74) is 2.36. The molecule has 0 aliphatic heterocycles. The van der Waals surface area contributed by atoms with Crippen LogP contribution in [0.3, 0.4) is 0 Å². The smallest absolute Gasteiger partial charge is 0.269 e. The molecule has 0 aliphatic carbocycles. The maximum absolute atomic E-state index is 11.8. The molecule has 31 heavy (non-hydrogen) atoms. The Morgan fingerprint density at radius 2 is 1.90 bits per heavy atom. The van der Waals surface area contributed by atoms with Crippen LogP contribution in [0.1, 0.15) is 16.1 Å². The van der Waals surface area contributed by atoms with Crippen molar-refractivity contribution in [1.82, 2.24) is 15.3 Å². The Balaban J connectivity index is 1.48. The third kappa shape index (κ3) is 5.17. The fraction of sp³-hybridized carbons (Fsp3) is 0.174. The Bertz CT molecular complexity index is 1180. The van der Waals surface area contributed by atoms with Gasteiger partial charge in [-0.1, -0.05) is 41.7 Å². The summed E-state index contributed by atoms with van der Waals surface area (Å²) in [7, 11) is 3.25. The summed E-state index contributed by atoms with van der Waals surface area (Å²) in [5.74, 6) is 0.935. The van der Waals surface area contributed by atoms with Gasteiger partial charge in [-0.05, 0) is 23.8 Å². The Kier molecular flexibility index (Phi) is 6.40. The third-order valence-corrected chi connectivity index (χ3v) is 5.57. The summed E-state index contributed by atoms with van der Waals surface area (Å²) in [5, 5.41) is 6.69. The molecule has 4 aromatic rings. The minimum Gasteiger partial charge on any atom is -0.457 e. The van der Waals surface area contributed by atoms with Crippen LogP contribution in [0.5, 0.6) is 11.5 Å². The largest absolute Gasteiger partial charge is 0.457 e. The normalized spacial score (nSPS) is 11.8. The number of carbonyl (C=O) groups excluding carboxylic acids is 1. The monoisotopic (exact) mass is 434 g/mol. The van der Waals surface area contributed by atoms with Crippen LogP contribution in [0.15, 0.2) is 66.9 Å². The second kappa shape index (κ2) is 9.55. The van der Waals surface area contributed by atoms with E-state index in [1.807, 2.05) is 36.4 Å². The number of anilines is 1. The molecular formula is C23H22N4O3S. The van der Waals surface area contributed by atoms with Crippen LogP contribution >= 0.6 is 11.3 Å². The second-order valence-electron chi connectivity index (χ2n) is 6.76. The van der Waals surface area contributed by atoms with E-state index >= 15 is 0 Å². The van der Waals surface area contributed by atoms with Crippen LogP contribution in [0.2, 0.25) is 0 Å². The number of fused-ring (bicyclic) bond motifs is 1. The zero-order chi connectivity index (χ0) is 21.6. The van der Waals surface area contributed by atoms with E-state index in [2.05, 4.69) is 32.7 Å². The third-order valence-electron chi connectivity index (χ3n) is 4.62. The van der Waals surface area contributed by atoms with Gasteiger partial charge in [-0.2, -0.15) is 0 Å². The van der Waals surface area contributed by atoms with Crippen molar-refractivity contribution in [3.63, 3.8) is 0 Å². The summed E-state index contributed by atoms with van der Waals surface area (Å²) in [4.78, 5) is 20.5. The molecule has 0 radical (unpaired) electrons. The number of hydrogen-bond donors (Lipinski definition) is 2. The summed E-state index contributed by atoms with van der Waals surface area (Å²) < 4.78 is 12.5. The van der Waals surface area contributed by atoms with E-state index in [0.717, 1.165) is 21.8 Å². The Morgan fingerprint density at radius 1 is 1.10 bits per heavy atom. The van der Waals surface area contributed by atoms with Crippen LogP contribution in [-0.4, -0.2) is 36.3 Å². The van der Waals surface area contributed by atoms with Gasteiger partial charge < -0.3 is 20.1 Å². The SMILES string of the molecule is CNC(=O)c1cc(Oc2ccc3nc(NC(Cc4ccccc4)OC)sc3c2)ccn1. The number of aromatic nitrogens is 2. The Hall–Kier alpha value is -3.49. The fourth-order valence-corrected chi connectivity index (χ4v) is 3.99. The predicted molar refractivity (Wildman–Crippen MR) is 122 cm³/mol. The van der Waals surface area contributed by atoms with Crippen molar-refractivity contribution in [2.24, 2.45) is 0 Å². The summed E-state index contributed by atoms with van der Waals surface area (Å²) in [6, 6.07) is 19.2. The molecule has 8 heteroatoms. The van der Waals surface area contributed by atoms with Crippen molar-refractivity contribution in [3.05, 3.63) is 78.1 Å². The first-order valence-corrected chi connectivity index (χ1v) is 10.6. The van der Waals surface area contributed by atoms with Gasteiger partial charge in [-0.15, -0.1) is 0 Å². The van der Waals surface area contributed by atoms with Crippen molar-refractivity contribution in [2.45, 2.75) is 12.6 Å². The predicted octanol–water partition coefficient (Wildman–Crippen LogP) is 4.47. The molecule has 7 nitrogen and oxygen atoms in total. The molecule has 0 bridgehead atoms. The van der Waals surface area contributed by atoms with Crippen molar-refractivity contribution in [2.75, 3.05) is 19.5 Å². The molecule has 0 saturated heterocycles. The second-order valence-corrected chi connectivity index (χ2v) is 7.80. The van der Waals surface area contributed by atoms with Gasteiger partial charge in [0.05, 0.1) is 10.2 Å². The van der Waals surface area contributed by atoms with Gasteiger partial charge in [0.25, 0.3) is 5.91 Å². The number of pyridine rings is 1. The Morgan fingerprint density at radius 3 is 2.68 bits per heavy atom. The van der Waals surface area contributed by atoms with Gasteiger partial charge in [-0.25, -0.2) is 4.98 Å². The first kappa shape index (κ1) is 20.8. The minimum absolute atomic E-state index is 0.182. The lowest BCUT2D eigenvalue weighted by Crippen LogP contribution is -2.24. The fourth-order valence-electron chi connectivity index (χ4n) is 3.05. The van der Waals surface area contributed by atoms with E-state index in [-0.39, 0.29) is 12.1 Å². The zero-order valence-electron chi connectivity index (χ0n) is 17.2. The zero-order valence-corrected chi connectivity index (χ0v) is 18.0. The molecule has 0 spiro atoms. The first-order valence-electron chi connectivity index (χ1n) is 9.74. The average Bonchev–Trinajstić information content (AvgIpc) is 3.20. The summed E-state index contributed by atoms with van der Waals surface area (Å²) in [6.45, 7) is 0. The van der Waals surface area contributed by atoms with E-state index in [1.54, 1.807) is 32.5 Å². The van der Waals surface area contributed by atoms with Gasteiger partial charge in [0.15, 0.2) is 5.13 Å². The lowest BCUT2D eigenvalue weighted by Gasteiger charge is -2.16. The van der Waals surface area contributed by atoms with Crippen LogP contribution in [0, 0.1) is 0 Å². The molecule has 1 atom stereocenters. The number of thiazole rings is 1. The van der Waals surface area contributed by atoms with E-state index in [1.165, 1.54) is 16.9 Å². The number of hydrogen-bond acceptors (Lipinski definition) is 7. The molecule has 158 valence electrons. The van der Waals surface area contributed by atoms with Crippen molar-refractivity contribution in [3.8, 4) is 11.5 Å². The van der Waals surface area contributed by atoms with Crippen molar-refractivity contribution < 1.29 is 14.3 Å². The molecular weight excluding hydrogens is 412 g/mol. The highest BCUT2D eigenvalue weighted by molar-refractivity contribution is 7.22. The lowest BCUT2D eigenvalue weighted by atomic mass is 10.1. The number of benzene rings is 2. The molecule has 0 fully saturated rings. The van der Waals surface area contributed by atoms with Crippen LogP contribution in [0.4, 0.5) is 5.13 Å². The standard InChI is InChI=1S/C23H22N4O3S/c1-24-22(28)19-13-17(10-11-25-19)30-16-8-9-18-20(14-16)31-23(26-18)27-21(29-2)12-15-6-4-3-5-7-15/h3-11,13-14,21H,12H2,1-2H3,(H,24,28)(H,26,27). The van der Waals surface area contributed by atoms with Gasteiger partial charge >= 0.3 is 0 Å². The molecule has 2 heterocycles.